The molecule has 0 radical (unpaired) electrons. The summed E-state index contributed by atoms with van der Waals surface area (Å²) in [5.41, 5.74) is 2.30. The molecular formula is C20H17Cl3N4OS. The van der Waals surface area contributed by atoms with Gasteiger partial charge in [0, 0.05) is 27.8 Å². The van der Waals surface area contributed by atoms with Gasteiger partial charge >= 0.3 is 0 Å². The van der Waals surface area contributed by atoms with Gasteiger partial charge in [-0.05, 0) is 42.8 Å². The number of carbonyl (C=O) groups excluding carboxylic acids is 1. The van der Waals surface area contributed by atoms with E-state index in [1.165, 1.54) is 11.8 Å². The van der Waals surface area contributed by atoms with Crippen LogP contribution in [0.5, 0.6) is 0 Å². The number of carbonyl (C=O) groups is 1. The van der Waals surface area contributed by atoms with Gasteiger partial charge in [0.05, 0.1) is 10.8 Å². The van der Waals surface area contributed by atoms with Crippen molar-refractivity contribution in [2.24, 2.45) is 0 Å². The van der Waals surface area contributed by atoms with E-state index in [1.807, 2.05) is 23.6 Å². The average molecular weight is 468 g/mol. The van der Waals surface area contributed by atoms with Crippen molar-refractivity contribution >= 4 is 58.2 Å². The van der Waals surface area contributed by atoms with Crippen LogP contribution in [0.2, 0.25) is 15.1 Å². The Morgan fingerprint density at radius 2 is 1.97 bits per heavy atom. The molecule has 5 nitrogen and oxygen atoms in total. The van der Waals surface area contributed by atoms with Crippen molar-refractivity contribution in [3.05, 3.63) is 69.7 Å². The summed E-state index contributed by atoms with van der Waals surface area (Å²) < 4.78 is 1.85. The fourth-order valence-electron chi connectivity index (χ4n) is 2.56. The van der Waals surface area contributed by atoms with Gasteiger partial charge in [-0.25, -0.2) is 0 Å². The Labute approximate surface area is 188 Å². The van der Waals surface area contributed by atoms with Gasteiger partial charge in [0.2, 0.25) is 5.91 Å². The monoisotopic (exact) mass is 466 g/mol. The molecule has 9 heteroatoms. The van der Waals surface area contributed by atoms with Gasteiger partial charge in [0.15, 0.2) is 11.0 Å². The minimum absolute atomic E-state index is 0.162. The highest BCUT2D eigenvalue weighted by Gasteiger charge is 2.17. The summed E-state index contributed by atoms with van der Waals surface area (Å²) in [5.74, 6) is 0.573. The van der Waals surface area contributed by atoms with E-state index in [1.54, 1.807) is 30.3 Å². The first-order valence-electron chi connectivity index (χ1n) is 8.57. The van der Waals surface area contributed by atoms with Crippen molar-refractivity contribution in [2.75, 3.05) is 11.1 Å². The smallest absolute Gasteiger partial charge is 0.234 e. The molecule has 0 aliphatic heterocycles. The number of benzene rings is 2. The Kier molecular flexibility index (Phi) is 7.24. The number of aromatic nitrogens is 3. The Balaban J connectivity index is 1.75. The van der Waals surface area contributed by atoms with Crippen molar-refractivity contribution in [2.45, 2.75) is 18.6 Å². The Morgan fingerprint density at radius 3 is 2.66 bits per heavy atom. The molecule has 0 saturated heterocycles. The Hall–Kier alpha value is -1.99. The summed E-state index contributed by atoms with van der Waals surface area (Å²) in [4.78, 5) is 12.3. The normalized spacial score (nSPS) is 10.8. The van der Waals surface area contributed by atoms with Crippen LogP contribution >= 0.6 is 46.6 Å². The fraction of sp³-hybridized carbons (Fsp3) is 0.150. The van der Waals surface area contributed by atoms with Crippen LogP contribution in [0.15, 0.2) is 54.2 Å². The molecule has 1 N–H and O–H groups in total. The van der Waals surface area contributed by atoms with E-state index >= 15 is 0 Å². The predicted molar refractivity (Wildman–Crippen MR) is 121 cm³/mol. The van der Waals surface area contributed by atoms with Gasteiger partial charge in [0.1, 0.15) is 0 Å². The lowest BCUT2D eigenvalue weighted by molar-refractivity contribution is -0.113. The summed E-state index contributed by atoms with van der Waals surface area (Å²) in [5, 5.41) is 13.5. The van der Waals surface area contributed by atoms with Crippen LogP contribution in [-0.4, -0.2) is 26.4 Å². The van der Waals surface area contributed by atoms with Gasteiger partial charge in [-0.2, -0.15) is 0 Å². The third-order valence-corrected chi connectivity index (χ3v) is 5.91. The number of nitrogens with zero attached hydrogens (tertiary/aromatic N) is 3. The summed E-state index contributed by atoms with van der Waals surface area (Å²) >= 11 is 19.7. The van der Waals surface area contributed by atoms with E-state index in [4.69, 9.17) is 34.8 Å². The Bertz CT molecular complexity index is 1070. The average Bonchev–Trinajstić information content (AvgIpc) is 3.06. The summed E-state index contributed by atoms with van der Waals surface area (Å²) in [6.07, 6.45) is 1.73. The molecule has 3 rings (SSSR count). The van der Waals surface area contributed by atoms with E-state index in [2.05, 4.69) is 22.1 Å². The lowest BCUT2D eigenvalue weighted by Gasteiger charge is -2.10. The van der Waals surface area contributed by atoms with E-state index in [9.17, 15) is 4.79 Å². The van der Waals surface area contributed by atoms with Crippen molar-refractivity contribution in [3.8, 4) is 11.4 Å². The number of aryl methyl sites for hydroxylation is 1. The number of nitrogens with one attached hydrogen (secondary N) is 1. The number of amides is 1. The maximum Gasteiger partial charge on any atom is 0.234 e. The largest absolute Gasteiger partial charge is 0.325 e. The lowest BCUT2D eigenvalue weighted by atomic mass is 10.2. The molecule has 1 amide bonds. The predicted octanol–water partition coefficient (Wildman–Crippen LogP) is 6.13. The summed E-state index contributed by atoms with van der Waals surface area (Å²) in [7, 11) is 0. The molecule has 0 aliphatic rings. The molecule has 0 unspecified atom stereocenters. The van der Waals surface area contributed by atoms with Crippen LogP contribution < -0.4 is 5.32 Å². The first-order valence-corrected chi connectivity index (χ1v) is 10.7. The molecule has 2 aromatic carbocycles. The van der Waals surface area contributed by atoms with Crippen LogP contribution in [0, 0.1) is 6.92 Å². The van der Waals surface area contributed by atoms with Gasteiger partial charge in [-0.15, -0.1) is 16.8 Å². The summed E-state index contributed by atoms with van der Waals surface area (Å²) in [6, 6.07) is 10.6. The molecule has 0 fully saturated rings. The minimum atomic E-state index is -0.172. The second-order valence-corrected chi connectivity index (χ2v) is 8.32. The third-order valence-electron chi connectivity index (χ3n) is 3.99. The van der Waals surface area contributed by atoms with E-state index in [0.717, 1.165) is 5.56 Å². The van der Waals surface area contributed by atoms with Crippen LogP contribution in [0.25, 0.3) is 11.4 Å². The van der Waals surface area contributed by atoms with Crippen LogP contribution in [0.1, 0.15) is 5.56 Å². The van der Waals surface area contributed by atoms with Gasteiger partial charge in [-0.1, -0.05) is 58.7 Å². The number of anilines is 1. The second-order valence-electron chi connectivity index (χ2n) is 6.13. The molecule has 29 heavy (non-hydrogen) atoms. The maximum atomic E-state index is 12.3. The first-order chi connectivity index (χ1) is 13.9. The molecule has 0 bridgehead atoms. The molecule has 1 heterocycles. The quantitative estimate of drug-likeness (QED) is 0.335. The SMILES string of the molecule is C=CCn1c(SCC(=O)Nc2ccc(C)c(Cl)c2)nnc1-c1ccc(Cl)cc1Cl. The zero-order valence-electron chi connectivity index (χ0n) is 15.5. The number of rotatable bonds is 7. The van der Waals surface area contributed by atoms with Gasteiger partial charge < -0.3 is 5.32 Å². The van der Waals surface area contributed by atoms with Crippen LogP contribution in [-0.2, 0) is 11.3 Å². The maximum absolute atomic E-state index is 12.3. The fourth-order valence-corrected chi connectivity index (χ4v) is 3.98. The zero-order valence-corrected chi connectivity index (χ0v) is 18.5. The third kappa shape index (κ3) is 5.34. The minimum Gasteiger partial charge on any atom is -0.325 e. The molecule has 0 atom stereocenters. The summed E-state index contributed by atoms with van der Waals surface area (Å²) in [6.45, 7) is 6.16. The molecule has 0 spiro atoms. The molecule has 150 valence electrons. The van der Waals surface area contributed by atoms with Crippen molar-refractivity contribution in [3.63, 3.8) is 0 Å². The van der Waals surface area contributed by atoms with Crippen LogP contribution in [0.4, 0.5) is 5.69 Å². The molecular weight excluding hydrogens is 451 g/mol. The van der Waals surface area contributed by atoms with Crippen molar-refractivity contribution < 1.29 is 4.79 Å². The molecule has 3 aromatic rings. The number of thioether (sulfide) groups is 1. The second kappa shape index (κ2) is 9.67. The topological polar surface area (TPSA) is 59.8 Å². The lowest BCUT2D eigenvalue weighted by Crippen LogP contribution is -2.14. The zero-order chi connectivity index (χ0) is 21.0. The highest BCUT2D eigenvalue weighted by atomic mass is 35.5. The first kappa shape index (κ1) is 21.7. The van der Waals surface area contributed by atoms with E-state index < -0.39 is 0 Å². The van der Waals surface area contributed by atoms with Gasteiger partial charge in [0.25, 0.3) is 0 Å². The van der Waals surface area contributed by atoms with Crippen molar-refractivity contribution in [1.82, 2.24) is 14.8 Å². The highest BCUT2D eigenvalue weighted by molar-refractivity contribution is 7.99. The molecule has 0 saturated carbocycles. The number of hydrogen-bond donors (Lipinski definition) is 1. The number of allylic oxidation sites excluding steroid dienone is 1. The van der Waals surface area contributed by atoms with Gasteiger partial charge in [-0.3, -0.25) is 9.36 Å². The van der Waals surface area contributed by atoms with Crippen LogP contribution in [0.3, 0.4) is 0 Å². The molecule has 1 aromatic heterocycles. The van der Waals surface area contributed by atoms with E-state index in [0.29, 0.717) is 43.8 Å². The molecule has 0 aliphatic carbocycles. The highest BCUT2D eigenvalue weighted by Crippen LogP contribution is 2.31. The number of hydrogen-bond acceptors (Lipinski definition) is 4. The van der Waals surface area contributed by atoms with Crippen molar-refractivity contribution in [1.29, 1.82) is 0 Å². The standard InChI is InChI=1S/C20H17Cl3N4OS/c1-3-8-27-19(15-7-5-13(21)9-17(15)23)25-26-20(27)29-11-18(28)24-14-6-4-12(2)16(22)10-14/h3-7,9-10H,1,8,11H2,2H3,(H,24,28). The number of halogens is 3. The van der Waals surface area contributed by atoms with E-state index in [-0.39, 0.29) is 11.7 Å². The Morgan fingerprint density at radius 1 is 1.17 bits per heavy atom.